The van der Waals surface area contributed by atoms with E-state index in [9.17, 15) is 4.79 Å². The topological polar surface area (TPSA) is 22.0 Å². The van der Waals surface area contributed by atoms with Crippen LogP contribution in [0.25, 0.3) is 0 Å². The van der Waals surface area contributed by atoms with Crippen LogP contribution in [0.4, 0.5) is 0 Å². The maximum Gasteiger partial charge on any atom is 0.166 e. The van der Waals surface area contributed by atoms with Crippen molar-refractivity contribution in [2.24, 2.45) is 0 Å². The number of allylic oxidation sites excluding steroid dienone is 1. The van der Waals surface area contributed by atoms with Crippen molar-refractivity contribution < 1.29 is 4.79 Å². The van der Waals surface area contributed by atoms with Crippen LogP contribution in [0.5, 0.6) is 0 Å². The number of rotatable bonds is 6. The van der Waals surface area contributed by atoms with Crippen molar-refractivity contribution in [2.45, 2.75) is 19.4 Å². The molecule has 2 nitrogen and oxygen atoms in total. The monoisotopic (exact) mass is 239 g/mol. The molecule has 0 saturated heterocycles. The van der Waals surface area contributed by atoms with Crippen molar-refractivity contribution in [3.05, 3.63) is 72.1 Å². The van der Waals surface area contributed by atoms with Gasteiger partial charge in [-0.05, 0) is 30.5 Å². The van der Waals surface area contributed by atoms with Gasteiger partial charge in [0, 0.05) is 12.2 Å². The summed E-state index contributed by atoms with van der Waals surface area (Å²) in [6, 6.07) is 14.3. The van der Waals surface area contributed by atoms with Crippen LogP contribution in [-0.2, 0) is 19.4 Å². The Kier molecular flexibility index (Phi) is 4.13. The molecule has 18 heavy (non-hydrogen) atoms. The fourth-order valence-electron chi connectivity index (χ4n) is 2.12. The van der Waals surface area contributed by atoms with Gasteiger partial charge in [-0.2, -0.15) is 0 Å². The van der Waals surface area contributed by atoms with Gasteiger partial charge >= 0.3 is 0 Å². The van der Waals surface area contributed by atoms with Crippen molar-refractivity contribution in [3.8, 4) is 0 Å². The maximum absolute atomic E-state index is 10.9. The molecule has 2 rings (SSSR count). The molecule has 0 aliphatic carbocycles. The average molecular weight is 239 g/mol. The number of aryl methyl sites for hydroxylation is 2. The fraction of sp³-hybridized carbons (Fsp3) is 0.188. The predicted molar refractivity (Wildman–Crippen MR) is 73.9 cm³/mol. The highest BCUT2D eigenvalue weighted by atomic mass is 16.1. The van der Waals surface area contributed by atoms with Crippen molar-refractivity contribution >= 4 is 6.29 Å². The average Bonchev–Trinajstić information content (AvgIpc) is 2.80. The van der Waals surface area contributed by atoms with Gasteiger partial charge < -0.3 is 4.57 Å². The second-order valence-corrected chi connectivity index (χ2v) is 4.25. The summed E-state index contributed by atoms with van der Waals surface area (Å²) in [5.41, 5.74) is 3.22. The molecular formula is C16H17NO. The van der Waals surface area contributed by atoms with Gasteiger partial charge in [-0.3, -0.25) is 4.79 Å². The molecule has 0 spiro atoms. The zero-order valence-corrected chi connectivity index (χ0v) is 10.4. The van der Waals surface area contributed by atoms with Crippen molar-refractivity contribution in [3.63, 3.8) is 0 Å². The van der Waals surface area contributed by atoms with E-state index in [4.69, 9.17) is 0 Å². The normalized spacial score (nSPS) is 10.2. The Morgan fingerprint density at radius 2 is 1.83 bits per heavy atom. The second kappa shape index (κ2) is 6.01. The van der Waals surface area contributed by atoms with Crippen LogP contribution in [0.2, 0.25) is 0 Å². The van der Waals surface area contributed by atoms with E-state index in [0.29, 0.717) is 6.54 Å². The summed E-state index contributed by atoms with van der Waals surface area (Å²) in [4.78, 5) is 10.9. The lowest BCUT2D eigenvalue weighted by Gasteiger charge is -2.08. The smallest absolute Gasteiger partial charge is 0.166 e. The number of hydrogen-bond donors (Lipinski definition) is 0. The third-order valence-electron chi connectivity index (χ3n) is 3.05. The van der Waals surface area contributed by atoms with Gasteiger partial charge in [0.25, 0.3) is 0 Å². The molecule has 0 N–H and O–H groups in total. The SMILES string of the molecule is C=CCn1c(C=O)ccc1CCc1ccccc1. The number of hydrogen-bond acceptors (Lipinski definition) is 1. The minimum absolute atomic E-state index is 0.686. The number of nitrogens with zero attached hydrogens (tertiary/aromatic N) is 1. The Morgan fingerprint density at radius 3 is 2.50 bits per heavy atom. The van der Waals surface area contributed by atoms with E-state index in [-0.39, 0.29) is 0 Å². The highest BCUT2D eigenvalue weighted by Gasteiger charge is 2.06. The number of aromatic nitrogens is 1. The molecule has 0 fully saturated rings. The van der Waals surface area contributed by atoms with Crippen molar-refractivity contribution in [2.75, 3.05) is 0 Å². The van der Waals surface area contributed by atoms with Crippen molar-refractivity contribution in [1.29, 1.82) is 0 Å². The summed E-state index contributed by atoms with van der Waals surface area (Å²) in [5.74, 6) is 0. The first-order chi connectivity index (χ1) is 8.85. The van der Waals surface area contributed by atoms with E-state index >= 15 is 0 Å². The summed E-state index contributed by atoms with van der Waals surface area (Å²) in [6.45, 7) is 4.42. The van der Waals surface area contributed by atoms with Gasteiger partial charge in [0.1, 0.15) is 0 Å². The predicted octanol–water partition coefficient (Wildman–Crippen LogP) is 3.27. The minimum Gasteiger partial charge on any atom is -0.339 e. The molecule has 2 aromatic rings. The van der Waals surface area contributed by atoms with Gasteiger partial charge in [-0.15, -0.1) is 6.58 Å². The Morgan fingerprint density at radius 1 is 1.06 bits per heavy atom. The number of carbonyl (C=O) groups is 1. The van der Waals surface area contributed by atoms with Gasteiger partial charge in [-0.25, -0.2) is 0 Å². The van der Waals surface area contributed by atoms with Crippen LogP contribution in [0.1, 0.15) is 21.7 Å². The molecule has 1 heterocycles. The first-order valence-electron chi connectivity index (χ1n) is 6.13. The largest absolute Gasteiger partial charge is 0.339 e. The first kappa shape index (κ1) is 12.4. The third kappa shape index (κ3) is 2.77. The van der Waals surface area contributed by atoms with Gasteiger partial charge in [-0.1, -0.05) is 36.4 Å². The van der Waals surface area contributed by atoms with Crippen molar-refractivity contribution in [1.82, 2.24) is 4.57 Å². The lowest BCUT2D eigenvalue weighted by Crippen LogP contribution is -2.06. The second-order valence-electron chi connectivity index (χ2n) is 4.25. The zero-order valence-electron chi connectivity index (χ0n) is 10.4. The molecule has 1 aromatic carbocycles. The molecule has 0 bridgehead atoms. The summed E-state index contributed by atoms with van der Waals surface area (Å²) < 4.78 is 2.02. The van der Waals surface area contributed by atoms with E-state index in [1.165, 1.54) is 11.3 Å². The standard InChI is InChI=1S/C16H17NO/c1-2-12-17-15(10-11-16(17)13-18)9-8-14-6-4-3-5-7-14/h2-7,10-11,13H,1,8-9,12H2. The number of benzene rings is 1. The summed E-state index contributed by atoms with van der Waals surface area (Å²) in [7, 11) is 0. The molecule has 2 heteroatoms. The first-order valence-corrected chi connectivity index (χ1v) is 6.13. The van der Waals surface area contributed by atoms with Crippen LogP contribution in [0, 0.1) is 0 Å². The number of carbonyl (C=O) groups excluding carboxylic acids is 1. The summed E-state index contributed by atoms with van der Waals surface area (Å²) in [5, 5.41) is 0. The van der Waals surface area contributed by atoms with Gasteiger partial charge in [0.05, 0.1) is 5.69 Å². The Hall–Kier alpha value is -2.09. The van der Waals surface area contributed by atoms with Crippen LogP contribution in [0.3, 0.4) is 0 Å². The van der Waals surface area contributed by atoms with E-state index in [0.717, 1.165) is 24.8 Å². The maximum atomic E-state index is 10.9. The molecule has 1 aromatic heterocycles. The third-order valence-corrected chi connectivity index (χ3v) is 3.05. The Labute approximate surface area is 108 Å². The molecule has 0 saturated carbocycles. The van der Waals surface area contributed by atoms with E-state index < -0.39 is 0 Å². The van der Waals surface area contributed by atoms with Crippen LogP contribution >= 0.6 is 0 Å². The lowest BCUT2D eigenvalue weighted by atomic mass is 10.1. The quantitative estimate of drug-likeness (QED) is 0.560. The highest BCUT2D eigenvalue weighted by molar-refractivity contribution is 5.72. The molecule has 0 unspecified atom stereocenters. The number of aldehydes is 1. The summed E-state index contributed by atoms with van der Waals surface area (Å²) >= 11 is 0. The van der Waals surface area contributed by atoms with Crippen LogP contribution < -0.4 is 0 Å². The fourth-order valence-corrected chi connectivity index (χ4v) is 2.12. The lowest BCUT2D eigenvalue weighted by molar-refractivity contribution is 0.111. The minimum atomic E-state index is 0.686. The van der Waals surface area contributed by atoms with E-state index in [1.807, 2.05) is 28.8 Å². The molecule has 92 valence electrons. The molecular weight excluding hydrogens is 222 g/mol. The molecule has 0 aliphatic heterocycles. The molecule has 0 radical (unpaired) electrons. The Balaban J connectivity index is 2.11. The highest BCUT2D eigenvalue weighted by Crippen LogP contribution is 2.12. The molecule has 0 atom stereocenters. The zero-order chi connectivity index (χ0) is 12.8. The molecule has 0 aliphatic rings. The van der Waals surface area contributed by atoms with Crippen LogP contribution in [-0.4, -0.2) is 10.9 Å². The molecule has 0 amide bonds. The van der Waals surface area contributed by atoms with E-state index in [1.54, 1.807) is 0 Å². The summed E-state index contributed by atoms with van der Waals surface area (Å²) in [6.07, 6.45) is 4.64. The Bertz CT molecular complexity index is 525. The van der Waals surface area contributed by atoms with Crippen LogP contribution in [0.15, 0.2) is 55.1 Å². The van der Waals surface area contributed by atoms with Gasteiger partial charge in [0.15, 0.2) is 6.29 Å². The van der Waals surface area contributed by atoms with E-state index in [2.05, 4.69) is 30.8 Å². The van der Waals surface area contributed by atoms with Gasteiger partial charge in [0.2, 0.25) is 0 Å².